The minimum absolute atomic E-state index is 0.257. The minimum Gasteiger partial charge on any atom is -0.381 e. The molecule has 0 saturated carbocycles. The fraction of sp³-hybridized carbons (Fsp3) is 0.750. The van der Waals surface area contributed by atoms with Crippen LogP contribution in [0.1, 0.15) is 25.3 Å². The van der Waals surface area contributed by atoms with Gasteiger partial charge in [0.15, 0.2) is 0 Å². The molecule has 0 aromatic carbocycles. The standard InChI is InChI=1S/C12H21N3O/c1-2-12(13)5-11-6-14-15(8-11)7-10-3-4-16-9-10/h6,8,10,12H,2-5,7,9,13H2,1H3. The molecular formula is C12H21N3O. The molecule has 2 unspecified atom stereocenters. The zero-order valence-electron chi connectivity index (χ0n) is 9.93. The molecule has 0 bridgehead atoms. The Hall–Kier alpha value is -0.870. The molecule has 4 nitrogen and oxygen atoms in total. The topological polar surface area (TPSA) is 53.1 Å². The van der Waals surface area contributed by atoms with Crippen LogP contribution in [-0.2, 0) is 17.7 Å². The summed E-state index contributed by atoms with van der Waals surface area (Å²) in [7, 11) is 0. The second kappa shape index (κ2) is 5.46. The summed E-state index contributed by atoms with van der Waals surface area (Å²) in [4.78, 5) is 0. The fourth-order valence-electron chi connectivity index (χ4n) is 2.05. The van der Waals surface area contributed by atoms with Crippen molar-refractivity contribution in [2.24, 2.45) is 11.7 Å². The molecule has 16 heavy (non-hydrogen) atoms. The lowest BCUT2D eigenvalue weighted by molar-refractivity contribution is 0.181. The van der Waals surface area contributed by atoms with Crippen molar-refractivity contribution in [1.82, 2.24) is 9.78 Å². The third-order valence-electron chi connectivity index (χ3n) is 3.18. The van der Waals surface area contributed by atoms with Crippen LogP contribution in [0.4, 0.5) is 0 Å². The molecular weight excluding hydrogens is 202 g/mol. The molecule has 1 aliphatic heterocycles. The van der Waals surface area contributed by atoms with Gasteiger partial charge < -0.3 is 10.5 Å². The van der Waals surface area contributed by atoms with Gasteiger partial charge in [0.05, 0.1) is 12.8 Å². The maximum absolute atomic E-state index is 5.92. The zero-order chi connectivity index (χ0) is 11.4. The average Bonchev–Trinajstić information content (AvgIpc) is 2.91. The van der Waals surface area contributed by atoms with Crippen molar-refractivity contribution in [3.05, 3.63) is 18.0 Å². The summed E-state index contributed by atoms with van der Waals surface area (Å²) in [6.07, 6.45) is 7.15. The zero-order valence-corrected chi connectivity index (χ0v) is 9.93. The van der Waals surface area contributed by atoms with Gasteiger partial charge in [-0.2, -0.15) is 5.10 Å². The van der Waals surface area contributed by atoms with Crippen molar-refractivity contribution in [3.63, 3.8) is 0 Å². The molecule has 1 fully saturated rings. The second-order valence-electron chi connectivity index (χ2n) is 4.67. The van der Waals surface area contributed by atoms with E-state index in [1.807, 2.05) is 10.9 Å². The molecule has 2 heterocycles. The summed E-state index contributed by atoms with van der Waals surface area (Å²) in [5, 5.41) is 4.37. The maximum atomic E-state index is 5.92. The first kappa shape index (κ1) is 11.6. The van der Waals surface area contributed by atoms with Crippen molar-refractivity contribution in [1.29, 1.82) is 0 Å². The lowest BCUT2D eigenvalue weighted by atomic mass is 10.1. The Morgan fingerprint density at radius 3 is 3.25 bits per heavy atom. The van der Waals surface area contributed by atoms with Crippen LogP contribution >= 0.6 is 0 Å². The summed E-state index contributed by atoms with van der Waals surface area (Å²) in [5.41, 5.74) is 7.16. The largest absolute Gasteiger partial charge is 0.381 e. The highest BCUT2D eigenvalue weighted by Crippen LogP contribution is 2.14. The lowest BCUT2D eigenvalue weighted by Crippen LogP contribution is -2.21. The highest BCUT2D eigenvalue weighted by molar-refractivity contribution is 5.05. The Kier molecular flexibility index (Phi) is 3.96. The summed E-state index contributed by atoms with van der Waals surface area (Å²) in [6.45, 7) is 4.87. The highest BCUT2D eigenvalue weighted by atomic mass is 16.5. The van der Waals surface area contributed by atoms with E-state index in [9.17, 15) is 0 Å². The van der Waals surface area contributed by atoms with E-state index < -0.39 is 0 Å². The van der Waals surface area contributed by atoms with E-state index in [0.29, 0.717) is 5.92 Å². The van der Waals surface area contributed by atoms with E-state index >= 15 is 0 Å². The summed E-state index contributed by atoms with van der Waals surface area (Å²) in [5.74, 6) is 0.632. The van der Waals surface area contributed by atoms with Gasteiger partial charge in [0, 0.05) is 31.3 Å². The van der Waals surface area contributed by atoms with Crippen LogP contribution in [0, 0.1) is 5.92 Å². The molecule has 2 atom stereocenters. The Balaban J connectivity index is 1.86. The molecule has 1 aliphatic rings. The van der Waals surface area contributed by atoms with Crippen LogP contribution in [0.3, 0.4) is 0 Å². The van der Waals surface area contributed by atoms with Crippen LogP contribution in [0.15, 0.2) is 12.4 Å². The molecule has 1 aromatic heterocycles. The van der Waals surface area contributed by atoms with Gasteiger partial charge in [-0.25, -0.2) is 0 Å². The van der Waals surface area contributed by atoms with Crippen LogP contribution in [0.25, 0.3) is 0 Å². The number of nitrogens with two attached hydrogens (primary N) is 1. The normalized spacial score (nSPS) is 22.5. The Morgan fingerprint density at radius 1 is 1.69 bits per heavy atom. The van der Waals surface area contributed by atoms with Crippen LogP contribution in [0.2, 0.25) is 0 Å². The Labute approximate surface area is 96.8 Å². The minimum atomic E-state index is 0.257. The second-order valence-corrected chi connectivity index (χ2v) is 4.67. The predicted octanol–water partition coefficient (Wildman–Crippen LogP) is 1.20. The third kappa shape index (κ3) is 3.06. The van der Waals surface area contributed by atoms with Crippen LogP contribution < -0.4 is 5.73 Å². The first-order valence-electron chi connectivity index (χ1n) is 6.12. The van der Waals surface area contributed by atoms with Crippen molar-refractivity contribution in [2.45, 2.75) is 38.8 Å². The fourth-order valence-corrected chi connectivity index (χ4v) is 2.05. The van der Waals surface area contributed by atoms with Crippen LogP contribution in [0.5, 0.6) is 0 Å². The molecule has 0 amide bonds. The maximum Gasteiger partial charge on any atom is 0.0522 e. The van der Waals surface area contributed by atoms with Gasteiger partial charge >= 0.3 is 0 Å². The molecule has 0 radical (unpaired) electrons. The number of ether oxygens (including phenoxy) is 1. The first-order chi connectivity index (χ1) is 7.78. The number of aromatic nitrogens is 2. The highest BCUT2D eigenvalue weighted by Gasteiger charge is 2.16. The summed E-state index contributed by atoms with van der Waals surface area (Å²) in [6, 6.07) is 0.257. The third-order valence-corrected chi connectivity index (χ3v) is 3.18. The molecule has 0 spiro atoms. The molecule has 2 N–H and O–H groups in total. The summed E-state index contributed by atoms with van der Waals surface area (Å²) < 4.78 is 7.38. The average molecular weight is 223 g/mol. The Bertz CT molecular complexity index is 318. The molecule has 2 rings (SSSR count). The number of hydrogen-bond donors (Lipinski definition) is 1. The van der Waals surface area contributed by atoms with E-state index in [1.54, 1.807) is 0 Å². The van der Waals surface area contributed by atoms with Gasteiger partial charge in [-0.1, -0.05) is 6.92 Å². The van der Waals surface area contributed by atoms with Gasteiger partial charge in [-0.15, -0.1) is 0 Å². The number of hydrogen-bond acceptors (Lipinski definition) is 3. The van der Waals surface area contributed by atoms with E-state index in [-0.39, 0.29) is 6.04 Å². The van der Waals surface area contributed by atoms with Gasteiger partial charge in [0.25, 0.3) is 0 Å². The van der Waals surface area contributed by atoms with Gasteiger partial charge in [-0.3, -0.25) is 4.68 Å². The lowest BCUT2D eigenvalue weighted by Gasteiger charge is -2.07. The van der Waals surface area contributed by atoms with Crippen molar-refractivity contribution in [2.75, 3.05) is 13.2 Å². The first-order valence-corrected chi connectivity index (χ1v) is 6.12. The molecule has 1 aromatic rings. The summed E-state index contributed by atoms with van der Waals surface area (Å²) >= 11 is 0. The molecule has 1 saturated heterocycles. The van der Waals surface area contributed by atoms with Crippen LogP contribution in [-0.4, -0.2) is 29.0 Å². The number of rotatable bonds is 5. The quantitative estimate of drug-likeness (QED) is 0.816. The SMILES string of the molecule is CCC(N)Cc1cnn(CC2CCOC2)c1. The molecule has 0 aliphatic carbocycles. The van der Waals surface area contributed by atoms with Crippen molar-refractivity contribution >= 4 is 0 Å². The van der Waals surface area contributed by atoms with E-state index in [0.717, 1.165) is 39.0 Å². The smallest absolute Gasteiger partial charge is 0.0522 e. The van der Waals surface area contributed by atoms with E-state index in [4.69, 9.17) is 10.5 Å². The van der Waals surface area contributed by atoms with Gasteiger partial charge in [-0.05, 0) is 24.8 Å². The van der Waals surface area contributed by atoms with Crippen molar-refractivity contribution in [3.8, 4) is 0 Å². The van der Waals surface area contributed by atoms with Gasteiger partial charge in [0.1, 0.15) is 0 Å². The van der Waals surface area contributed by atoms with E-state index in [1.165, 1.54) is 5.56 Å². The van der Waals surface area contributed by atoms with Gasteiger partial charge in [0.2, 0.25) is 0 Å². The van der Waals surface area contributed by atoms with E-state index in [2.05, 4.69) is 18.2 Å². The number of nitrogens with zero attached hydrogens (tertiary/aromatic N) is 2. The van der Waals surface area contributed by atoms with Crippen molar-refractivity contribution < 1.29 is 4.74 Å². The Morgan fingerprint density at radius 2 is 2.56 bits per heavy atom. The monoisotopic (exact) mass is 223 g/mol. The predicted molar refractivity (Wildman–Crippen MR) is 63.1 cm³/mol. The molecule has 4 heteroatoms. The molecule has 90 valence electrons.